The lowest BCUT2D eigenvalue weighted by atomic mass is 9.94. The Balaban J connectivity index is 2.95. The maximum atomic E-state index is 13.7. The van der Waals surface area contributed by atoms with Gasteiger partial charge in [0.15, 0.2) is 0 Å². The van der Waals surface area contributed by atoms with Crippen LogP contribution >= 0.6 is 0 Å². The van der Waals surface area contributed by atoms with Gasteiger partial charge in [-0.3, -0.25) is 4.79 Å². The predicted octanol–water partition coefficient (Wildman–Crippen LogP) is 3.35. The Morgan fingerprint density at radius 3 is 2.31 bits per heavy atom. The minimum Gasteiger partial charge on any atom is -0.481 e. The van der Waals surface area contributed by atoms with Crippen molar-refractivity contribution in [3.8, 4) is 0 Å². The minimum atomic E-state index is -0.999. The highest BCUT2D eigenvalue weighted by Gasteiger charge is 2.20. The largest absolute Gasteiger partial charge is 0.481 e. The van der Waals surface area contributed by atoms with Gasteiger partial charge in [0.1, 0.15) is 5.83 Å². The van der Waals surface area contributed by atoms with Crippen molar-refractivity contribution in [2.75, 3.05) is 0 Å². The van der Waals surface area contributed by atoms with Gasteiger partial charge >= 0.3 is 5.97 Å². The molecule has 1 rings (SSSR count). The zero-order chi connectivity index (χ0) is 12.1. The summed E-state index contributed by atoms with van der Waals surface area (Å²) in [5, 5.41) is 8.93. The van der Waals surface area contributed by atoms with Crippen LogP contribution in [0.4, 0.5) is 4.39 Å². The molecule has 0 aliphatic carbocycles. The van der Waals surface area contributed by atoms with Gasteiger partial charge in [0, 0.05) is 5.56 Å². The summed E-state index contributed by atoms with van der Waals surface area (Å²) in [5.41, 5.74) is 0.411. The van der Waals surface area contributed by atoms with Crippen molar-refractivity contribution in [2.45, 2.75) is 13.8 Å². The zero-order valence-electron chi connectivity index (χ0n) is 9.35. The Bertz CT molecular complexity index is 382. The van der Waals surface area contributed by atoms with Crippen molar-refractivity contribution in [3.63, 3.8) is 0 Å². The molecule has 0 amide bonds. The molecule has 86 valence electrons. The number of halogens is 1. The van der Waals surface area contributed by atoms with E-state index >= 15 is 0 Å². The van der Waals surface area contributed by atoms with Crippen LogP contribution in [0.1, 0.15) is 19.4 Å². The summed E-state index contributed by atoms with van der Waals surface area (Å²) in [6.45, 7) is 3.52. The van der Waals surface area contributed by atoms with Crippen molar-refractivity contribution < 1.29 is 14.3 Å². The first-order valence-corrected chi connectivity index (χ1v) is 5.18. The van der Waals surface area contributed by atoms with Crippen molar-refractivity contribution in [3.05, 3.63) is 42.0 Å². The first kappa shape index (κ1) is 12.4. The number of rotatable bonds is 4. The van der Waals surface area contributed by atoms with Gasteiger partial charge in [-0.05, 0) is 12.0 Å². The van der Waals surface area contributed by atoms with Gasteiger partial charge in [-0.2, -0.15) is 0 Å². The number of carbonyl (C=O) groups is 1. The molecule has 0 saturated heterocycles. The van der Waals surface area contributed by atoms with E-state index in [1.807, 2.05) is 0 Å². The monoisotopic (exact) mass is 222 g/mol. The maximum Gasteiger partial charge on any atom is 0.310 e. The normalized spacial score (nSPS) is 13.9. The SMILES string of the molecule is CC(C)C(/C=C(/F)c1ccccc1)C(=O)O. The summed E-state index contributed by atoms with van der Waals surface area (Å²) in [6.07, 6.45) is 1.17. The van der Waals surface area contributed by atoms with Gasteiger partial charge in [-0.15, -0.1) is 0 Å². The summed E-state index contributed by atoms with van der Waals surface area (Å²) in [7, 11) is 0. The summed E-state index contributed by atoms with van der Waals surface area (Å²) >= 11 is 0. The van der Waals surface area contributed by atoms with Crippen LogP contribution in [-0.4, -0.2) is 11.1 Å². The van der Waals surface area contributed by atoms with E-state index in [4.69, 9.17) is 5.11 Å². The molecule has 0 fully saturated rings. The average molecular weight is 222 g/mol. The van der Waals surface area contributed by atoms with E-state index in [0.29, 0.717) is 5.56 Å². The third-order valence-corrected chi connectivity index (χ3v) is 2.38. The number of carboxylic acids is 1. The van der Waals surface area contributed by atoms with Gasteiger partial charge in [0.25, 0.3) is 0 Å². The van der Waals surface area contributed by atoms with Crippen LogP contribution in [-0.2, 0) is 4.79 Å². The molecule has 1 aromatic carbocycles. The van der Waals surface area contributed by atoms with E-state index in [-0.39, 0.29) is 5.92 Å². The van der Waals surface area contributed by atoms with Crippen molar-refractivity contribution in [1.29, 1.82) is 0 Å². The van der Waals surface area contributed by atoms with Crippen LogP contribution in [0.15, 0.2) is 36.4 Å². The highest BCUT2D eigenvalue weighted by molar-refractivity contribution is 5.75. The molecule has 0 bridgehead atoms. The number of benzene rings is 1. The molecule has 1 atom stereocenters. The van der Waals surface area contributed by atoms with Gasteiger partial charge < -0.3 is 5.11 Å². The Morgan fingerprint density at radius 1 is 1.31 bits per heavy atom. The van der Waals surface area contributed by atoms with Gasteiger partial charge in [0.05, 0.1) is 5.92 Å². The Kier molecular flexibility index (Phi) is 4.23. The summed E-state index contributed by atoms with van der Waals surface area (Å²) < 4.78 is 13.7. The molecule has 2 nitrogen and oxygen atoms in total. The number of aliphatic carboxylic acids is 1. The Morgan fingerprint density at radius 2 is 1.88 bits per heavy atom. The van der Waals surface area contributed by atoms with E-state index in [2.05, 4.69) is 0 Å². The molecule has 1 unspecified atom stereocenters. The molecular weight excluding hydrogens is 207 g/mol. The highest BCUT2D eigenvalue weighted by atomic mass is 19.1. The van der Waals surface area contributed by atoms with E-state index in [1.165, 1.54) is 6.08 Å². The molecule has 0 aromatic heterocycles. The second-order valence-electron chi connectivity index (χ2n) is 3.99. The number of carboxylic acid groups (broad SMARTS) is 1. The van der Waals surface area contributed by atoms with Crippen LogP contribution < -0.4 is 0 Å². The van der Waals surface area contributed by atoms with Crippen molar-refractivity contribution in [1.82, 2.24) is 0 Å². The molecule has 0 spiro atoms. The quantitative estimate of drug-likeness (QED) is 0.848. The molecule has 0 aliphatic rings. The molecule has 1 aromatic rings. The topological polar surface area (TPSA) is 37.3 Å². The maximum absolute atomic E-state index is 13.7. The Hall–Kier alpha value is -1.64. The van der Waals surface area contributed by atoms with E-state index in [1.54, 1.807) is 44.2 Å². The van der Waals surface area contributed by atoms with Gasteiger partial charge in [0.2, 0.25) is 0 Å². The van der Waals surface area contributed by atoms with Gasteiger partial charge in [-0.25, -0.2) is 4.39 Å². The fourth-order valence-electron chi connectivity index (χ4n) is 1.40. The molecular formula is C13H15FO2. The number of hydrogen-bond acceptors (Lipinski definition) is 1. The lowest BCUT2D eigenvalue weighted by Crippen LogP contribution is -2.17. The smallest absolute Gasteiger partial charge is 0.310 e. The van der Waals surface area contributed by atoms with E-state index in [0.717, 1.165) is 0 Å². The van der Waals surface area contributed by atoms with Gasteiger partial charge in [-0.1, -0.05) is 44.2 Å². The molecule has 0 saturated carbocycles. The standard InChI is InChI=1S/C13H15FO2/c1-9(2)11(13(15)16)8-12(14)10-6-4-3-5-7-10/h3-9,11H,1-2H3,(H,15,16)/b12-8+. The highest BCUT2D eigenvalue weighted by Crippen LogP contribution is 2.21. The van der Waals surface area contributed by atoms with Crippen molar-refractivity contribution in [2.24, 2.45) is 11.8 Å². The van der Waals surface area contributed by atoms with Crippen LogP contribution in [0, 0.1) is 11.8 Å². The van der Waals surface area contributed by atoms with Crippen LogP contribution in [0.2, 0.25) is 0 Å². The van der Waals surface area contributed by atoms with Crippen LogP contribution in [0.3, 0.4) is 0 Å². The third-order valence-electron chi connectivity index (χ3n) is 2.38. The minimum absolute atomic E-state index is 0.132. The second-order valence-corrected chi connectivity index (χ2v) is 3.99. The molecule has 0 aliphatic heterocycles. The summed E-state index contributed by atoms with van der Waals surface area (Å²) in [4.78, 5) is 10.9. The van der Waals surface area contributed by atoms with Crippen LogP contribution in [0.25, 0.3) is 5.83 Å². The fraction of sp³-hybridized carbons (Fsp3) is 0.308. The molecule has 3 heteroatoms. The lowest BCUT2D eigenvalue weighted by molar-refractivity contribution is -0.141. The summed E-state index contributed by atoms with van der Waals surface area (Å²) in [6, 6.07) is 8.45. The Labute approximate surface area is 94.4 Å². The summed E-state index contributed by atoms with van der Waals surface area (Å²) in [5.74, 6) is -2.41. The fourth-order valence-corrected chi connectivity index (χ4v) is 1.40. The average Bonchev–Trinajstić information content (AvgIpc) is 2.25. The molecule has 0 heterocycles. The predicted molar refractivity (Wildman–Crippen MR) is 61.5 cm³/mol. The number of hydrogen-bond donors (Lipinski definition) is 1. The molecule has 16 heavy (non-hydrogen) atoms. The first-order valence-electron chi connectivity index (χ1n) is 5.18. The third kappa shape index (κ3) is 3.19. The first-order chi connectivity index (χ1) is 7.52. The lowest BCUT2D eigenvalue weighted by Gasteiger charge is -2.11. The van der Waals surface area contributed by atoms with Crippen LogP contribution in [0.5, 0.6) is 0 Å². The van der Waals surface area contributed by atoms with E-state index < -0.39 is 17.7 Å². The van der Waals surface area contributed by atoms with E-state index in [9.17, 15) is 9.18 Å². The molecule has 0 radical (unpaired) electrons. The zero-order valence-corrected chi connectivity index (χ0v) is 9.35. The molecule has 1 N–H and O–H groups in total. The second kappa shape index (κ2) is 5.45. The van der Waals surface area contributed by atoms with Crippen molar-refractivity contribution >= 4 is 11.8 Å².